The van der Waals surface area contributed by atoms with Gasteiger partial charge in [-0.2, -0.15) is 0 Å². The second-order valence-electron chi connectivity index (χ2n) is 6.18. The lowest BCUT2D eigenvalue weighted by Crippen LogP contribution is -2.36. The molecule has 0 aromatic heterocycles. The van der Waals surface area contributed by atoms with E-state index in [1.54, 1.807) is 30.1 Å². The van der Waals surface area contributed by atoms with Crippen LogP contribution in [-0.2, 0) is 9.59 Å². The van der Waals surface area contributed by atoms with E-state index in [9.17, 15) is 9.59 Å². The minimum Gasteiger partial charge on any atom is -0.325 e. The number of rotatable bonds is 6. The van der Waals surface area contributed by atoms with Crippen LogP contribution in [0.4, 0.5) is 11.4 Å². The van der Waals surface area contributed by atoms with E-state index in [4.69, 9.17) is 23.2 Å². The maximum absolute atomic E-state index is 12.2. The fourth-order valence-corrected chi connectivity index (χ4v) is 2.89. The summed E-state index contributed by atoms with van der Waals surface area (Å²) in [6.07, 6.45) is 0. The first-order valence-corrected chi connectivity index (χ1v) is 8.81. The van der Waals surface area contributed by atoms with Gasteiger partial charge in [-0.25, -0.2) is 0 Å². The van der Waals surface area contributed by atoms with Gasteiger partial charge in [-0.15, -0.1) is 0 Å². The minimum absolute atomic E-state index is 0.0295. The summed E-state index contributed by atoms with van der Waals surface area (Å²) in [5.41, 5.74) is 3.19. The van der Waals surface area contributed by atoms with Crippen LogP contribution in [0.25, 0.3) is 0 Å². The Morgan fingerprint density at radius 3 is 2.15 bits per heavy atom. The first-order valence-electron chi connectivity index (χ1n) is 8.06. The van der Waals surface area contributed by atoms with Gasteiger partial charge < -0.3 is 10.6 Å². The summed E-state index contributed by atoms with van der Waals surface area (Å²) in [7, 11) is 1.69. The number of hydrogen-bond acceptors (Lipinski definition) is 3. The summed E-state index contributed by atoms with van der Waals surface area (Å²) in [6.45, 7) is 4.00. The van der Waals surface area contributed by atoms with E-state index >= 15 is 0 Å². The van der Waals surface area contributed by atoms with Crippen molar-refractivity contribution in [1.82, 2.24) is 4.90 Å². The second-order valence-corrected chi connectivity index (χ2v) is 7.00. The molecular formula is C19H21Cl2N3O2. The van der Waals surface area contributed by atoms with Gasteiger partial charge in [0.2, 0.25) is 11.8 Å². The molecule has 2 aromatic carbocycles. The van der Waals surface area contributed by atoms with Crippen LogP contribution in [0.15, 0.2) is 36.4 Å². The smallest absolute Gasteiger partial charge is 0.238 e. The SMILES string of the molecule is Cc1ccc(C)c(NC(=O)CN(C)CC(=O)Nc2c(Cl)cccc2Cl)c1. The Morgan fingerprint density at radius 2 is 1.54 bits per heavy atom. The van der Waals surface area contributed by atoms with Crippen molar-refractivity contribution in [2.75, 3.05) is 30.8 Å². The number of carbonyl (C=O) groups excluding carboxylic acids is 2. The van der Waals surface area contributed by atoms with Gasteiger partial charge in [0.05, 0.1) is 28.8 Å². The number of para-hydroxylation sites is 1. The number of anilines is 2. The average molecular weight is 394 g/mol. The third kappa shape index (κ3) is 5.73. The number of nitrogens with zero attached hydrogens (tertiary/aromatic N) is 1. The van der Waals surface area contributed by atoms with Gasteiger partial charge in [0.25, 0.3) is 0 Å². The molecule has 0 heterocycles. The highest BCUT2D eigenvalue weighted by Gasteiger charge is 2.14. The minimum atomic E-state index is -0.304. The normalized spacial score (nSPS) is 10.7. The standard InChI is InChI=1S/C19H21Cl2N3O2/c1-12-7-8-13(2)16(9-12)22-17(25)10-24(3)11-18(26)23-19-14(20)5-4-6-15(19)21/h4-9H,10-11H2,1-3H3,(H,22,25)(H,23,26). The van der Waals surface area contributed by atoms with Crippen LogP contribution in [0.2, 0.25) is 10.0 Å². The number of aryl methyl sites for hydroxylation is 2. The van der Waals surface area contributed by atoms with E-state index in [0.717, 1.165) is 16.8 Å². The van der Waals surface area contributed by atoms with Gasteiger partial charge in [0.15, 0.2) is 0 Å². The highest BCUT2D eigenvalue weighted by molar-refractivity contribution is 6.39. The fourth-order valence-electron chi connectivity index (χ4n) is 2.40. The number of likely N-dealkylation sites (N-methyl/N-ethyl adjacent to an activating group) is 1. The van der Waals surface area contributed by atoms with Crippen molar-refractivity contribution in [2.24, 2.45) is 0 Å². The van der Waals surface area contributed by atoms with Crippen molar-refractivity contribution in [3.05, 3.63) is 57.6 Å². The Bertz CT molecular complexity index is 804. The maximum atomic E-state index is 12.2. The molecule has 0 fully saturated rings. The highest BCUT2D eigenvalue weighted by atomic mass is 35.5. The van der Waals surface area contributed by atoms with Crippen LogP contribution in [0.1, 0.15) is 11.1 Å². The summed E-state index contributed by atoms with van der Waals surface area (Å²) in [4.78, 5) is 26.0. The number of halogens is 2. The van der Waals surface area contributed by atoms with Crippen LogP contribution < -0.4 is 10.6 Å². The molecule has 2 aromatic rings. The molecule has 0 aliphatic rings. The molecule has 2 N–H and O–H groups in total. The molecule has 138 valence electrons. The molecule has 7 heteroatoms. The molecule has 0 aliphatic carbocycles. The van der Waals surface area contributed by atoms with E-state index < -0.39 is 0 Å². The predicted molar refractivity (Wildman–Crippen MR) is 107 cm³/mol. The lowest BCUT2D eigenvalue weighted by Gasteiger charge is -2.17. The third-order valence-corrected chi connectivity index (χ3v) is 4.35. The molecule has 5 nitrogen and oxygen atoms in total. The number of hydrogen-bond donors (Lipinski definition) is 2. The molecule has 2 amide bonds. The van der Waals surface area contributed by atoms with Crippen molar-refractivity contribution >= 4 is 46.4 Å². The van der Waals surface area contributed by atoms with E-state index in [2.05, 4.69) is 10.6 Å². The predicted octanol–water partition coefficient (Wildman–Crippen LogP) is 4.12. The van der Waals surface area contributed by atoms with Crippen molar-refractivity contribution in [3.8, 4) is 0 Å². The summed E-state index contributed by atoms with van der Waals surface area (Å²) in [5, 5.41) is 6.27. The van der Waals surface area contributed by atoms with Crippen molar-refractivity contribution < 1.29 is 9.59 Å². The van der Waals surface area contributed by atoms with Gasteiger partial charge in [-0.05, 0) is 50.2 Å². The summed E-state index contributed by atoms with van der Waals surface area (Å²) in [6, 6.07) is 10.8. The summed E-state index contributed by atoms with van der Waals surface area (Å²) >= 11 is 12.1. The van der Waals surface area contributed by atoms with Crippen LogP contribution in [-0.4, -0.2) is 36.9 Å². The number of benzene rings is 2. The van der Waals surface area contributed by atoms with Crippen LogP contribution in [0, 0.1) is 13.8 Å². The second kappa shape index (κ2) is 9.03. The van der Waals surface area contributed by atoms with Crippen molar-refractivity contribution in [2.45, 2.75) is 13.8 Å². The van der Waals surface area contributed by atoms with E-state index in [1.807, 2.05) is 32.0 Å². The Kier molecular flexibility index (Phi) is 7.03. The molecule has 0 atom stereocenters. The molecule has 0 spiro atoms. The topological polar surface area (TPSA) is 61.4 Å². The average Bonchev–Trinajstić information content (AvgIpc) is 2.54. The number of amides is 2. The van der Waals surface area contributed by atoms with E-state index in [0.29, 0.717) is 15.7 Å². The molecule has 0 radical (unpaired) electrons. The van der Waals surface area contributed by atoms with Crippen molar-refractivity contribution in [1.29, 1.82) is 0 Å². The zero-order valence-electron chi connectivity index (χ0n) is 14.9. The summed E-state index contributed by atoms with van der Waals surface area (Å²) < 4.78 is 0. The first-order chi connectivity index (χ1) is 12.3. The van der Waals surface area contributed by atoms with Crippen LogP contribution in [0.5, 0.6) is 0 Å². The summed E-state index contributed by atoms with van der Waals surface area (Å²) in [5.74, 6) is -0.494. The Morgan fingerprint density at radius 1 is 0.962 bits per heavy atom. The van der Waals surface area contributed by atoms with Crippen LogP contribution >= 0.6 is 23.2 Å². The van der Waals surface area contributed by atoms with Crippen molar-refractivity contribution in [3.63, 3.8) is 0 Å². The molecule has 0 aliphatic heterocycles. The number of nitrogens with one attached hydrogen (secondary N) is 2. The zero-order valence-corrected chi connectivity index (χ0v) is 16.4. The third-order valence-electron chi connectivity index (χ3n) is 3.72. The maximum Gasteiger partial charge on any atom is 0.238 e. The molecule has 26 heavy (non-hydrogen) atoms. The molecular weight excluding hydrogens is 373 g/mol. The molecule has 0 bridgehead atoms. The molecule has 2 rings (SSSR count). The van der Waals surface area contributed by atoms with E-state index in [1.165, 1.54) is 0 Å². The first kappa shape index (κ1) is 20.2. The lowest BCUT2D eigenvalue weighted by molar-refractivity contribution is -0.119. The van der Waals surface area contributed by atoms with Gasteiger partial charge in [-0.3, -0.25) is 14.5 Å². The zero-order chi connectivity index (χ0) is 19.3. The largest absolute Gasteiger partial charge is 0.325 e. The van der Waals surface area contributed by atoms with Gasteiger partial charge in [0, 0.05) is 5.69 Å². The van der Waals surface area contributed by atoms with E-state index in [-0.39, 0.29) is 24.9 Å². The Balaban J connectivity index is 1.89. The van der Waals surface area contributed by atoms with Gasteiger partial charge in [0.1, 0.15) is 0 Å². The quantitative estimate of drug-likeness (QED) is 0.775. The highest BCUT2D eigenvalue weighted by Crippen LogP contribution is 2.29. The monoisotopic (exact) mass is 393 g/mol. The Labute approximate surface area is 163 Å². The van der Waals surface area contributed by atoms with Gasteiger partial charge >= 0.3 is 0 Å². The number of carbonyl (C=O) groups is 2. The van der Waals surface area contributed by atoms with Gasteiger partial charge in [-0.1, -0.05) is 41.4 Å². The molecule has 0 saturated heterocycles. The Hall–Kier alpha value is -2.08. The van der Waals surface area contributed by atoms with Crippen LogP contribution in [0.3, 0.4) is 0 Å². The lowest BCUT2D eigenvalue weighted by atomic mass is 10.1. The molecule has 0 unspecified atom stereocenters. The molecule has 0 saturated carbocycles. The fraction of sp³-hybridized carbons (Fsp3) is 0.263.